The first-order valence-corrected chi connectivity index (χ1v) is 14.6. The van der Waals surface area contributed by atoms with Crippen LogP contribution in [0.4, 0.5) is 0 Å². The molecule has 2 heterocycles. The monoisotopic (exact) mass is 562 g/mol. The van der Waals surface area contributed by atoms with Crippen LogP contribution in [-0.4, -0.2) is 34.4 Å². The van der Waals surface area contributed by atoms with Crippen LogP contribution >= 0.6 is 11.3 Å². The number of amides is 1. The van der Waals surface area contributed by atoms with E-state index in [2.05, 4.69) is 88.0 Å². The van der Waals surface area contributed by atoms with Crippen molar-refractivity contribution < 1.29 is 9.53 Å². The number of rotatable bonds is 13. The minimum Gasteiger partial charge on any atom is -0.497 e. The summed E-state index contributed by atoms with van der Waals surface area (Å²) in [5.74, 6) is 0.955. The highest BCUT2D eigenvalue weighted by Gasteiger charge is 2.18. The van der Waals surface area contributed by atoms with Crippen molar-refractivity contribution in [3.63, 3.8) is 0 Å². The highest BCUT2D eigenvalue weighted by molar-refractivity contribution is 7.09. The Morgan fingerprint density at radius 1 is 0.854 bits per heavy atom. The van der Waals surface area contributed by atoms with Crippen molar-refractivity contribution >= 4 is 17.2 Å². The predicted molar refractivity (Wildman–Crippen MR) is 164 cm³/mol. The van der Waals surface area contributed by atoms with Crippen LogP contribution in [0.1, 0.15) is 50.1 Å². The molecule has 3 aromatic carbocycles. The molecule has 0 radical (unpaired) electrons. The second kappa shape index (κ2) is 14.3. The maximum absolute atomic E-state index is 12.8. The van der Waals surface area contributed by atoms with Gasteiger partial charge in [0.2, 0.25) is 0 Å². The second-order valence-corrected chi connectivity index (χ2v) is 10.8. The fraction of sp³-hybridized carbons (Fsp3) is 0.206. The molecule has 0 aliphatic carbocycles. The zero-order chi connectivity index (χ0) is 28.3. The van der Waals surface area contributed by atoms with E-state index in [-0.39, 0.29) is 11.8 Å². The highest BCUT2D eigenvalue weighted by Crippen LogP contribution is 2.29. The third-order valence-corrected chi connectivity index (χ3v) is 7.88. The van der Waals surface area contributed by atoms with Gasteiger partial charge in [0.15, 0.2) is 0 Å². The van der Waals surface area contributed by atoms with E-state index in [1.165, 1.54) is 28.0 Å². The largest absolute Gasteiger partial charge is 0.497 e. The molecule has 41 heavy (non-hydrogen) atoms. The number of pyridine rings is 1. The third kappa shape index (κ3) is 8.10. The van der Waals surface area contributed by atoms with Crippen LogP contribution < -0.4 is 10.1 Å². The number of aromatic nitrogens is 2. The molecule has 0 saturated heterocycles. The number of ether oxygens (including phenoxy) is 1. The van der Waals surface area contributed by atoms with Gasteiger partial charge in [-0.15, -0.1) is 11.3 Å². The molecule has 7 heteroatoms. The summed E-state index contributed by atoms with van der Waals surface area (Å²) in [7, 11) is 1.68. The third-order valence-electron chi connectivity index (χ3n) is 7.05. The van der Waals surface area contributed by atoms with E-state index in [0.717, 1.165) is 35.8 Å². The maximum atomic E-state index is 12.8. The topological polar surface area (TPSA) is 67.3 Å². The molecule has 0 saturated carbocycles. The van der Waals surface area contributed by atoms with E-state index in [9.17, 15) is 4.79 Å². The lowest BCUT2D eigenvalue weighted by Crippen LogP contribution is -2.26. The Morgan fingerprint density at radius 3 is 2.15 bits per heavy atom. The van der Waals surface area contributed by atoms with Crippen molar-refractivity contribution in [3.8, 4) is 5.75 Å². The molecule has 0 spiro atoms. The van der Waals surface area contributed by atoms with Crippen LogP contribution in [0.5, 0.6) is 5.75 Å². The molecular weight excluding hydrogens is 528 g/mol. The van der Waals surface area contributed by atoms with Gasteiger partial charge in [0, 0.05) is 36.8 Å². The average Bonchev–Trinajstić information content (AvgIpc) is 3.50. The van der Waals surface area contributed by atoms with Crippen molar-refractivity contribution in [1.82, 2.24) is 20.2 Å². The van der Waals surface area contributed by atoms with E-state index in [0.29, 0.717) is 18.8 Å². The van der Waals surface area contributed by atoms with E-state index in [4.69, 9.17) is 9.72 Å². The van der Waals surface area contributed by atoms with Gasteiger partial charge in [0.05, 0.1) is 13.7 Å². The minimum absolute atomic E-state index is 0.167. The Morgan fingerprint density at radius 2 is 1.51 bits per heavy atom. The Kier molecular flexibility index (Phi) is 9.87. The van der Waals surface area contributed by atoms with Crippen LogP contribution in [0.15, 0.2) is 115 Å². The van der Waals surface area contributed by atoms with Crippen molar-refractivity contribution in [2.75, 3.05) is 13.7 Å². The van der Waals surface area contributed by atoms with Crippen LogP contribution in [0.3, 0.4) is 0 Å². The van der Waals surface area contributed by atoms with Crippen molar-refractivity contribution in [1.29, 1.82) is 0 Å². The lowest BCUT2D eigenvalue weighted by Gasteiger charge is -2.25. The number of thiazole rings is 1. The molecule has 6 nitrogen and oxygen atoms in total. The van der Waals surface area contributed by atoms with E-state index in [1.54, 1.807) is 19.5 Å². The lowest BCUT2D eigenvalue weighted by molar-refractivity contribution is 0.0946. The summed E-state index contributed by atoms with van der Waals surface area (Å²) < 4.78 is 5.36. The molecule has 1 N–H and O–H groups in total. The lowest BCUT2D eigenvalue weighted by atomic mass is 9.88. The number of hydrogen-bond acceptors (Lipinski definition) is 6. The average molecular weight is 563 g/mol. The van der Waals surface area contributed by atoms with Crippen LogP contribution in [0.2, 0.25) is 0 Å². The van der Waals surface area contributed by atoms with Gasteiger partial charge < -0.3 is 10.1 Å². The summed E-state index contributed by atoms with van der Waals surface area (Å²) in [6, 6.07) is 33.4. The molecule has 5 aromatic rings. The first-order chi connectivity index (χ1) is 20.2. The first kappa shape index (κ1) is 28.2. The van der Waals surface area contributed by atoms with Gasteiger partial charge >= 0.3 is 0 Å². The molecule has 0 aliphatic heterocycles. The Labute approximate surface area is 245 Å². The predicted octanol–water partition coefficient (Wildman–Crippen LogP) is 6.70. The zero-order valence-corrected chi connectivity index (χ0v) is 24.0. The quantitative estimate of drug-likeness (QED) is 0.173. The summed E-state index contributed by atoms with van der Waals surface area (Å²) in [6.45, 7) is 2.73. The molecule has 208 valence electrons. The fourth-order valence-electron chi connectivity index (χ4n) is 4.86. The molecule has 1 amide bonds. The molecule has 0 bridgehead atoms. The van der Waals surface area contributed by atoms with Gasteiger partial charge in [-0.25, -0.2) is 4.98 Å². The number of nitrogens with zero attached hydrogens (tertiary/aromatic N) is 3. The van der Waals surface area contributed by atoms with Crippen LogP contribution in [0.25, 0.3) is 0 Å². The van der Waals surface area contributed by atoms with Crippen LogP contribution in [0, 0.1) is 0 Å². The standard InChI is InChI=1S/C34H34N4O2S/c1-40-30-14-12-27(13-15-30)23-38(21-18-31(28-8-4-2-5-9-28)29-10-6-3-7-11-29)24-33-37-32(25-41-33)34(39)36-22-26-16-19-35-20-17-26/h2-17,19-20,25,31H,18,21-24H2,1H3,(H,36,39). The first-order valence-electron chi connectivity index (χ1n) is 13.7. The van der Waals surface area contributed by atoms with Gasteiger partial charge in [-0.2, -0.15) is 0 Å². The van der Waals surface area contributed by atoms with Crippen LogP contribution in [-0.2, 0) is 19.6 Å². The molecular formula is C34H34N4O2S. The Balaban J connectivity index is 1.31. The van der Waals surface area contributed by atoms with Gasteiger partial charge in [0.25, 0.3) is 5.91 Å². The molecule has 5 rings (SSSR count). The summed E-state index contributed by atoms with van der Waals surface area (Å²) >= 11 is 1.53. The summed E-state index contributed by atoms with van der Waals surface area (Å²) in [5.41, 5.74) is 5.28. The number of carbonyl (C=O) groups is 1. The van der Waals surface area contributed by atoms with Gasteiger partial charge in [-0.3, -0.25) is 14.7 Å². The number of methoxy groups -OCH3 is 1. The van der Waals surface area contributed by atoms with Gasteiger partial charge in [0.1, 0.15) is 16.5 Å². The van der Waals surface area contributed by atoms with Gasteiger partial charge in [-0.05, 0) is 59.5 Å². The molecule has 0 fully saturated rings. The normalized spacial score (nSPS) is 11.1. The number of benzene rings is 3. The van der Waals surface area contributed by atoms with Gasteiger partial charge in [-0.1, -0.05) is 72.8 Å². The number of hydrogen-bond donors (Lipinski definition) is 1. The molecule has 0 unspecified atom stereocenters. The molecule has 0 atom stereocenters. The SMILES string of the molecule is COc1ccc(CN(CCC(c2ccccc2)c2ccccc2)Cc2nc(C(=O)NCc3ccncc3)cs2)cc1. The number of nitrogens with one attached hydrogen (secondary N) is 1. The molecule has 0 aliphatic rings. The summed E-state index contributed by atoms with van der Waals surface area (Å²) in [4.78, 5) is 23.9. The van der Waals surface area contributed by atoms with E-state index in [1.807, 2.05) is 29.6 Å². The van der Waals surface area contributed by atoms with Crippen molar-refractivity contribution in [2.45, 2.75) is 32.0 Å². The minimum atomic E-state index is -0.167. The smallest absolute Gasteiger partial charge is 0.271 e. The van der Waals surface area contributed by atoms with Crippen molar-refractivity contribution in [3.05, 3.63) is 148 Å². The van der Waals surface area contributed by atoms with Crippen molar-refractivity contribution in [2.24, 2.45) is 0 Å². The highest BCUT2D eigenvalue weighted by atomic mass is 32.1. The summed E-state index contributed by atoms with van der Waals surface area (Å²) in [6.07, 6.45) is 4.40. The molecule has 2 aromatic heterocycles. The fourth-order valence-corrected chi connectivity index (χ4v) is 5.68. The maximum Gasteiger partial charge on any atom is 0.271 e. The summed E-state index contributed by atoms with van der Waals surface area (Å²) in [5, 5.41) is 5.73. The Hall–Kier alpha value is -4.33. The Bertz CT molecular complexity index is 1450. The number of carbonyl (C=O) groups excluding carboxylic acids is 1. The second-order valence-electron chi connectivity index (χ2n) is 9.89. The van der Waals surface area contributed by atoms with E-state index < -0.39 is 0 Å². The zero-order valence-electron chi connectivity index (χ0n) is 23.1. The van der Waals surface area contributed by atoms with E-state index >= 15 is 0 Å².